The smallest absolute Gasteiger partial charge is 0.381 e. The Kier molecular flexibility index (Phi) is 10.3. The lowest BCUT2D eigenvalue weighted by molar-refractivity contribution is -0.137. The minimum Gasteiger partial charge on any atom is -0.381 e. The second-order valence-corrected chi connectivity index (χ2v) is 8.20. The van der Waals surface area contributed by atoms with Crippen molar-refractivity contribution < 1.29 is 22.6 Å². The summed E-state index contributed by atoms with van der Waals surface area (Å²) in [5.74, 6) is 1.41. The average Bonchev–Trinajstić information content (AvgIpc) is 3.57. The summed E-state index contributed by atoms with van der Waals surface area (Å²) in [6, 6.07) is 5.68. The molecule has 1 aliphatic heterocycles. The number of nitrogens with one attached hydrogen (secondary N) is 2. The molecule has 1 aromatic carbocycles. The van der Waals surface area contributed by atoms with Gasteiger partial charge in [-0.05, 0) is 49.7 Å². The van der Waals surface area contributed by atoms with Crippen LogP contribution in [0.1, 0.15) is 43.2 Å². The van der Waals surface area contributed by atoms with Crippen LogP contribution in [0.2, 0.25) is 0 Å². The summed E-state index contributed by atoms with van der Waals surface area (Å²) in [5, 5.41) is 6.58. The van der Waals surface area contributed by atoms with Crippen LogP contribution in [0.5, 0.6) is 0 Å². The zero-order chi connectivity index (χ0) is 21.5. The van der Waals surface area contributed by atoms with Crippen molar-refractivity contribution in [3.05, 3.63) is 35.4 Å². The highest BCUT2D eigenvalue weighted by atomic mass is 127. The molecule has 0 atom stereocenters. The number of rotatable bonds is 9. The van der Waals surface area contributed by atoms with Gasteiger partial charge in [0.15, 0.2) is 5.96 Å². The number of benzene rings is 1. The summed E-state index contributed by atoms with van der Waals surface area (Å²) in [4.78, 5) is 4.25. The lowest BCUT2D eigenvalue weighted by Crippen LogP contribution is -2.48. The molecule has 0 amide bonds. The van der Waals surface area contributed by atoms with E-state index >= 15 is 0 Å². The Balaban J connectivity index is 0.00000341. The van der Waals surface area contributed by atoms with Crippen molar-refractivity contribution >= 4 is 29.9 Å². The second kappa shape index (κ2) is 12.2. The quantitative estimate of drug-likeness (QED) is 0.206. The van der Waals surface area contributed by atoms with Crippen LogP contribution >= 0.6 is 24.0 Å². The summed E-state index contributed by atoms with van der Waals surface area (Å²) >= 11 is 0. The molecule has 1 saturated heterocycles. The number of aliphatic imine (C=N–C) groups is 1. The molecule has 2 aliphatic rings. The molecule has 0 unspecified atom stereocenters. The third-order valence-corrected chi connectivity index (χ3v) is 5.88. The Hall–Kier alpha value is -1.07. The average molecular weight is 555 g/mol. The molecule has 176 valence electrons. The van der Waals surface area contributed by atoms with Gasteiger partial charge < -0.3 is 20.1 Å². The molecular formula is C22H33F3IN3O2. The van der Waals surface area contributed by atoms with E-state index in [1.807, 2.05) is 0 Å². The number of ether oxygens (including phenoxy) is 2. The summed E-state index contributed by atoms with van der Waals surface area (Å²) in [5.41, 5.74) is -0.346. The van der Waals surface area contributed by atoms with Crippen LogP contribution in [-0.2, 0) is 21.1 Å². The fourth-order valence-electron chi connectivity index (χ4n) is 3.74. The van der Waals surface area contributed by atoms with Crippen LogP contribution in [0, 0.1) is 5.92 Å². The van der Waals surface area contributed by atoms with Crippen molar-refractivity contribution in [3.63, 3.8) is 0 Å². The first-order chi connectivity index (χ1) is 14.4. The van der Waals surface area contributed by atoms with Gasteiger partial charge in [0.2, 0.25) is 0 Å². The Morgan fingerprint density at radius 3 is 2.61 bits per heavy atom. The fourth-order valence-corrected chi connectivity index (χ4v) is 3.74. The monoisotopic (exact) mass is 555 g/mol. The SMILES string of the molecule is CN=C(NCCCOCC1CC1)NCC1(c2cccc(C(F)(F)F)c2)CCOCC1.I. The molecule has 0 bridgehead atoms. The predicted molar refractivity (Wildman–Crippen MR) is 126 cm³/mol. The second-order valence-electron chi connectivity index (χ2n) is 8.20. The molecule has 0 spiro atoms. The van der Waals surface area contributed by atoms with E-state index in [9.17, 15) is 13.2 Å². The third-order valence-electron chi connectivity index (χ3n) is 5.88. The van der Waals surface area contributed by atoms with Crippen molar-refractivity contribution in [1.82, 2.24) is 10.6 Å². The molecule has 9 heteroatoms. The van der Waals surface area contributed by atoms with E-state index in [1.165, 1.54) is 25.0 Å². The molecule has 31 heavy (non-hydrogen) atoms. The molecule has 5 nitrogen and oxygen atoms in total. The number of halogens is 4. The third kappa shape index (κ3) is 8.09. The molecule has 1 heterocycles. The maximum absolute atomic E-state index is 13.2. The van der Waals surface area contributed by atoms with Crippen molar-refractivity contribution in [3.8, 4) is 0 Å². The highest BCUT2D eigenvalue weighted by Gasteiger charge is 2.37. The van der Waals surface area contributed by atoms with Crippen LogP contribution < -0.4 is 10.6 Å². The number of guanidine groups is 1. The van der Waals surface area contributed by atoms with Gasteiger partial charge in [-0.1, -0.05) is 18.2 Å². The van der Waals surface area contributed by atoms with E-state index in [1.54, 1.807) is 13.1 Å². The van der Waals surface area contributed by atoms with Gasteiger partial charge in [0, 0.05) is 52.0 Å². The van der Waals surface area contributed by atoms with E-state index < -0.39 is 17.2 Å². The van der Waals surface area contributed by atoms with E-state index in [-0.39, 0.29) is 24.0 Å². The lowest BCUT2D eigenvalue weighted by atomic mass is 9.73. The van der Waals surface area contributed by atoms with Gasteiger partial charge in [-0.15, -0.1) is 24.0 Å². The standard InChI is InChI=1S/C22H32F3N3O2.HI/c1-26-20(27-10-3-11-30-15-17-6-7-17)28-16-21(8-12-29-13-9-21)18-4-2-5-19(14-18)22(23,24)25;/h2,4-5,14,17H,3,6-13,15-16H2,1H3,(H2,26,27,28);1H. The largest absolute Gasteiger partial charge is 0.416 e. The fraction of sp³-hybridized carbons (Fsp3) is 0.682. The van der Waals surface area contributed by atoms with E-state index in [0.717, 1.165) is 31.6 Å². The minimum atomic E-state index is -4.35. The maximum Gasteiger partial charge on any atom is 0.416 e. The lowest BCUT2D eigenvalue weighted by Gasteiger charge is -2.38. The van der Waals surface area contributed by atoms with E-state index in [4.69, 9.17) is 9.47 Å². The van der Waals surface area contributed by atoms with Gasteiger partial charge in [-0.3, -0.25) is 4.99 Å². The first-order valence-corrected chi connectivity index (χ1v) is 10.7. The van der Waals surface area contributed by atoms with Crippen LogP contribution in [-0.4, -0.2) is 52.5 Å². The van der Waals surface area contributed by atoms with E-state index in [2.05, 4.69) is 15.6 Å². The van der Waals surface area contributed by atoms with Gasteiger partial charge >= 0.3 is 6.18 Å². The zero-order valence-corrected chi connectivity index (χ0v) is 20.3. The molecule has 1 aromatic rings. The molecule has 1 saturated carbocycles. The maximum atomic E-state index is 13.2. The van der Waals surface area contributed by atoms with Crippen molar-refractivity contribution in [1.29, 1.82) is 0 Å². The molecule has 3 rings (SSSR count). The molecule has 0 radical (unpaired) electrons. The summed E-state index contributed by atoms with van der Waals surface area (Å²) in [6.07, 6.45) is 0.413. The normalized spacial score (nSPS) is 18.9. The highest BCUT2D eigenvalue weighted by molar-refractivity contribution is 14.0. The van der Waals surface area contributed by atoms with E-state index in [0.29, 0.717) is 50.7 Å². The molecule has 2 N–H and O–H groups in total. The zero-order valence-electron chi connectivity index (χ0n) is 18.0. The van der Waals surface area contributed by atoms with Crippen molar-refractivity contribution in [2.45, 2.75) is 43.7 Å². The van der Waals surface area contributed by atoms with Crippen molar-refractivity contribution in [2.24, 2.45) is 10.9 Å². The van der Waals surface area contributed by atoms with Crippen LogP contribution in [0.3, 0.4) is 0 Å². The van der Waals surface area contributed by atoms with Crippen LogP contribution in [0.25, 0.3) is 0 Å². The Morgan fingerprint density at radius 1 is 1.23 bits per heavy atom. The van der Waals surface area contributed by atoms with Crippen LogP contribution in [0.15, 0.2) is 29.3 Å². The molecule has 1 aliphatic carbocycles. The number of alkyl halides is 3. The van der Waals surface area contributed by atoms with Crippen LogP contribution in [0.4, 0.5) is 13.2 Å². The Morgan fingerprint density at radius 2 is 1.97 bits per heavy atom. The predicted octanol–water partition coefficient (Wildman–Crippen LogP) is 4.35. The van der Waals surface area contributed by atoms with Gasteiger partial charge in [-0.25, -0.2) is 0 Å². The van der Waals surface area contributed by atoms with Gasteiger partial charge in [0.25, 0.3) is 0 Å². The summed E-state index contributed by atoms with van der Waals surface area (Å²) < 4.78 is 50.8. The Bertz CT molecular complexity index is 705. The molecular weight excluding hydrogens is 522 g/mol. The number of hydrogen-bond donors (Lipinski definition) is 2. The van der Waals surface area contributed by atoms with Crippen molar-refractivity contribution in [2.75, 3.05) is 46.6 Å². The molecule has 2 fully saturated rings. The number of hydrogen-bond acceptors (Lipinski definition) is 3. The molecule has 0 aromatic heterocycles. The van der Waals surface area contributed by atoms with Gasteiger partial charge in [-0.2, -0.15) is 13.2 Å². The topological polar surface area (TPSA) is 54.9 Å². The number of nitrogens with zero attached hydrogens (tertiary/aromatic N) is 1. The summed E-state index contributed by atoms with van der Waals surface area (Å²) in [7, 11) is 1.69. The van der Waals surface area contributed by atoms with Gasteiger partial charge in [0.05, 0.1) is 5.56 Å². The minimum absolute atomic E-state index is 0. The summed E-state index contributed by atoms with van der Waals surface area (Å²) in [6.45, 7) is 3.85. The van der Waals surface area contributed by atoms with Gasteiger partial charge in [0.1, 0.15) is 0 Å². The first kappa shape index (κ1) is 26.2. The first-order valence-electron chi connectivity index (χ1n) is 10.7. The Labute approximate surface area is 199 Å². The highest BCUT2D eigenvalue weighted by Crippen LogP contribution is 2.37.